The number of halogens is 1. The summed E-state index contributed by atoms with van der Waals surface area (Å²) in [6.07, 6.45) is 7.22. The second kappa shape index (κ2) is 15.3. The Bertz CT molecular complexity index is 1260. The fourth-order valence-corrected chi connectivity index (χ4v) is 4.98. The number of rotatable bonds is 16. The predicted molar refractivity (Wildman–Crippen MR) is 157 cm³/mol. The number of aromatic nitrogens is 4. The zero-order valence-corrected chi connectivity index (χ0v) is 23.9. The van der Waals surface area contributed by atoms with E-state index in [1.54, 1.807) is 30.6 Å². The Balaban J connectivity index is 1.34. The Morgan fingerprint density at radius 3 is 2.78 bits per heavy atom. The number of aliphatic carboxylic acids is 1. The summed E-state index contributed by atoms with van der Waals surface area (Å²) < 4.78 is 19.5. The lowest BCUT2D eigenvalue weighted by molar-refractivity contribution is -0.138. The Kier molecular flexibility index (Phi) is 11.3. The molecule has 2 atom stereocenters. The van der Waals surface area contributed by atoms with Crippen LogP contribution in [0.2, 0.25) is 0 Å². The van der Waals surface area contributed by atoms with E-state index in [4.69, 9.17) is 9.72 Å². The highest BCUT2D eigenvalue weighted by Gasteiger charge is 2.21. The molecule has 0 spiro atoms. The molecule has 11 heteroatoms. The number of carbonyl (C=O) groups is 1. The molecule has 1 aliphatic heterocycles. The molecule has 220 valence electrons. The number of fused-ring (bicyclic) bond motifs is 1. The summed E-state index contributed by atoms with van der Waals surface area (Å²) in [7, 11) is 1.48. The van der Waals surface area contributed by atoms with Gasteiger partial charge in [-0.1, -0.05) is 6.07 Å². The van der Waals surface area contributed by atoms with Crippen molar-refractivity contribution in [3.05, 3.63) is 59.7 Å². The number of nitrogens with one attached hydrogen (secondary N) is 2. The van der Waals surface area contributed by atoms with Crippen LogP contribution in [0, 0.1) is 6.92 Å². The predicted octanol–water partition coefficient (Wildman–Crippen LogP) is 4.16. The number of hydrogen-bond acceptors (Lipinski definition) is 9. The number of carboxylic acids is 1. The van der Waals surface area contributed by atoms with Gasteiger partial charge in [-0.25, -0.2) is 24.1 Å². The van der Waals surface area contributed by atoms with Crippen molar-refractivity contribution < 1.29 is 19.0 Å². The van der Waals surface area contributed by atoms with Gasteiger partial charge in [0.15, 0.2) is 5.82 Å². The molecule has 3 aromatic heterocycles. The second-order valence-electron chi connectivity index (χ2n) is 10.4. The highest BCUT2D eigenvalue weighted by molar-refractivity contribution is 5.77. The van der Waals surface area contributed by atoms with E-state index in [1.807, 2.05) is 11.8 Å². The molecule has 0 saturated heterocycles. The van der Waals surface area contributed by atoms with Crippen LogP contribution in [0.1, 0.15) is 42.6 Å². The average molecular weight is 566 g/mol. The first kappa shape index (κ1) is 30.3. The molecule has 0 aromatic carbocycles. The zero-order chi connectivity index (χ0) is 29.0. The number of ether oxygens (including phenoxy) is 1. The van der Waals surface area contributed by atoms with E-state index in [0.29, 0.717) is 30.4 Å². The van der Waals surface area contributed by atoms with Crippen LogP contribution < -0.4 is 10.6 Å². The monoisotopic (exact) mass is 565 g/mol. The third-order valence-electron chi connectivity index (χ3n) is 7.06. The van der Waals surface area contributed by atoms with Gasteiger partial charge >= 0.3 is 5.97 Å². The van der Waals surface area contributed by atoms with Crippen LogP contribution in [0.15, 0.2) is 42.7 Å². The molecule has 10 nitrogen and oxygen atoms in total. The molecule has 0 bridgehead atoms. The topological polar surface area (TPSA) is 125 Å². The summed E-state index contributed by atoms with van der Waals surface area (Å²) in [5.41, 5.74) is 3.82. The van der Waals surface area contributed by atoms with Gasteiger partial charge in [0.1, 0.15) is 23.8 Å². The van der Waals surface area contributed by atoms with E-state index in [0.717, 1.165) is 55.7 Å². The first-order valence-electron chi connectivity index (χ1n) is 14.2. The smallest absolute Gasteiger partial charge is 0.326 e. The van der Waals surface area contributed by atoms with Gasteiger partial charge in [0.25, 0.3) is 0 Å². The Hall–Kier alpha value is -3.70. The van der Waals surface area contributed by atoms with Crippen molar-refractivity contribution in [1.82, 2.24) is 24.8 Å². The van der Waals surface area contributed by atoms with Gasteiger partial charge in [-0.05, 0) is 75.8 Å². The summed E-state index contributed by atoms with van der Waals surface area (Å²) in [5, 5.41) is 16.4. The Morgan fingerprint density at radius 1 is 1.17 bits per heavy atom. The van der Waals surface area contributed by atoms with Gasteiger partial charge in [-0.3, -0.25) is 4.98 Å². The average Bonchev–Trinajstić information content (AvgIpc) is 2.97. The van der Waals surface area contributed by atoms with E-state index in [-0.39, 0.29) is 19.6 Å². The summed E-state index contributed by atoms with van der Waals surface area (Å²) in [5.74, 6) is 0.921. The number of nitrogens with zero attached hydrogens (tertiary/aromatic N) is 5. The standard InChI is InChI=1S/C30H40FN7O3/c1-21-18-27(37-29(34-21)23-10-14-32-15-11-23)36-26(30(39)40)12-17-38(19-24(31)20-41-2)16-4-3-7-25-9-8-22-6-5-13-33-28(22)35-25/h8-11,14-15,18,24,26H,3-7,12-13,16-17,19-20H2,1-2H3,(H,33,35)(H,39,40)(H,34,36,37). The number of methoxy groups -OCH3 is 1. The maximum atomic E-state index is 14.5. The fourth-order valence-electron chi connectivity index (χ4n) is 4.98. The first-order valence-corrected chi connectivity index (χ1v) is 14.2. The number of anilines is 2. The number of pyridine rings is 2. The molecule has 2 unspecified atom stereocenters. The summed E-state index contributed by atoms with van der Waals surface area (Å²) >= 11 is 0. The van der Waals surface area contributed by atoms with E-state index < -0.39 is 18.2 Å². The van der Waals surface area contributed by atoms with Crippen molar-refractivity contribution in [2.45, 2.75) is 57.7 Å². The van der Waals surface area contributed by atoms with Gasteiger partial charge < -0.3 is 25.4 Å². The van der Waals surface area contributed by atoms with Crippen molar-refractivity contribution in [3.63, 3.8) is 0 Å². The van der Waals surface area contributed by atoms with Gasteiger partial charge in [-0.15, -0.1) is 0 Å². The second-order valence-corrected chi connectivity index (χ2v) is 10.4. The molecule has 0 fully saturated rings. The Labute approximate surface area is 240 Å². The van der Waals surface area contributed by atoms with Gasteiger partial charge in [-0.2, -0.15) is 0 Å². The quantitative estimate of drug-likeness (QED) is 0.218. The summed E-state index contributed by atoms with van der Waals surface area (Å²) in [4.78, 5) is 31.9. The van der Waals surface area contributed by atoms with E-state index >= 15 is 0 Å². The number of hydrogen-bond donors (Lipinski definition) is 3. The van der Waals surface area contributed by atoms with Crippen molar-refractivity contribution >= 4 is 17.6 Å². The highest BCUT2D eigenvalue weighted by atomic mass is 19.1. The number of unbranched alkanes of at least 4 members (excludes halogenated alkanes) is 1. The van der Waals surface area contributed by atoms with E-state index in [1.165, 1.54) is 12.7 Å². The lowest BCUT2D eigenvalue weighted by Gasteiger charge is -2.26. The van der Waals surface area contributed by atoms with Crippen LogP contribution in [0.25, 0.3) is 11.4 Å². The molecule has 4 rings (SSSR count). The van der Waals surface area contributed by atoms with E-state index in [9.17, 15) is 14.3 Å². The van der Waals surface area contributed by atoms with Gasteiger partial charge in [0.2, 0.25) is 0 Å². The molecule has 3 aromatic rings. The molecular formula is C30H40FN7O3. The first-order chi connectivity index (χ1) is 19.9. The van der Waals surface area contributed by atoms with Gasteiger partial charge in [0, 0.05) is 62.2 Å². The zero-order valence-electron chi connectivity index (χ0n) is 23.9. The lowest BCUT2D eigenvalue weighted by Crippen LogP contribution is -2.38. The number of carboxylic acid groups (broad SMARTS) is 1. The molecule has 3 N–H and O–H groups in total. The van der Waals surface area contributed by atoms with Crippen molar-refractivity contribution in [2.75, 3.05) is 50.5 Å². The molecule has 0 saturated carbocycles. The summed E-state index contributed by atoms with van der Waals surface area (Å²) in [6, 6.07) is 8.68. The molecular weight excluding hydrogens is 525 g/mol. The summed E-state index contributed by atoms with van der Waals surface area (Å²) in [6.45, 7) is 4.04. The van der Waals surface area contributed by atoms with Crippen molar-refractivity contribution in [1.29, 1.82) is 0 Å². The maximum Gasteiger partial charge on any atom is 0.326 e. The number of alkyl halides is 1. The molecule has 1 aliphatic rings. The van der Waals surface area contributed by atoms with Crippen LogP contribution in [-0.2, 0) is 22.4 Å². The van der Waals surface area contributed by atoms with Crippen LogP contribution in [0.5, 0.6) is 0 Å². The van der Waals surface area contributed by atoms with Crippen molar-refractivity contribution in [2.24, 2.45) is 0 Å². The van der Waals surface area contributed by atoms with Crippen LogP contribution in [-0.4, -0.2) is 88.0 Å². The maximum absolute atomic E-state index is 14.5. The normalized spacial score (nSPS) is 14.2. The number of aryl methyl sites for hydroxylation is 3. The lowest BCUT2D eigenvalue weighted by atomic mass is 10.1. The van der Waals surface area contributed by atoms with Crippen molar-refractivity contribution in [3.8, 4) is 11.4 Å². The molecule has 0 aliphatic carbocycles. The minimum atomic E-state index is -1.16. The molecule has 0 radical (unpaired) electrons. The van der Waals surface area contributed by atoms with Gasteiger partial charge in [0.05, 0.1) is 6.61 Å². The largest absolute Gasteiger partial charge is 0.480 e. The Morgan fingerprint density at radius 2 is 2.00 bits per heavy atom. The van der Waals surface area contributed by atoms with Crippen LogP contribution in [0.3, 0.4) is 0 Å². The van der Waals surface area contributed by atoms with Crippen LogP contribution in [0.4, 0.5) is 16.0 Å². The SMILES string of the molecule is COCC(F)CN(CCCCc1ccc2c(n1)NCCC2)CCC(Nc1cc(C)nc(-c2ccncc2)n1)C(=O)O. The minimum Gasteiger partial charge on any atom is -0.480 e. The molecule has 0 amide bonds. The fraction of sp³-hybridized carbons (Fsp3) is 0.500. The van der Waals surface area contributed by atoms with E-state index in [2.05, 4.69) is 37.7 Å². The third-order valence-corrected chi connectivity index (χ3v) is 7.06. The van der Waals surface area contributed by atoms with Crippen LogP contribution >= 0.6 is 0 Å². The third kappa shape index (κ3) is 9.43. The molecule has 4 heterocycles. The minimum absolute atomic E-state index is 0.00114. The highest BCUT2D eigenvalue weighted by Crippen LogP contribution is 2.21. The molecule has 41 heavy (non-hydrogen) atoms.